The lowest BCUT2D eigenvalue weighted by Crippen LogP contribution is -2.19. The molecule has 0 unspecified atom stereocenters. The van der Waals surface area contributed by atoms with Crippen LogP contribution >= 0.6 is 11.3 Å². The molecule has 2 heterocycles. The van der Waals surface area contributed by atoms with Crippen LogP contribution in [0.4, 0.5) is 5.69 Å². The molecule has 0 amide bonds. The van der Waals surface area contributed by atoms with Crippen molar-refractivity contribution in [1.29, 1.82) is 0 Å². The number of thiazole rings is 1. The first kappa shape index (κ1) is 17.9. The molecule has 0 bridgehead atoms. The number of para-hydroxylation sites is 2. The van der Waals surface area contributed by atoms with Crippen molar-refractivity contribution >= 4 is 23.1 Å². The Kier molecular flexibility index (Phi) is 4.67. The third-order valence-corrected chi connectivity index (χ3v) is 5.19. The highest BCUT2D eigenvalue weighted by atomic mass is 32.1. The fraction of sp³-hybridized carbons (Fsp3) is 0.0952. The van der Waals surface area contributed by atoms with Crippen molar-refractivity contribution in [2.45, 2.75) is 13.5 Å². The smallest absolute Gasteiger partial charge is 0.211 e. The first-order valence-electron chi connectivity index (χ1n) is 8.67. The van der Waals surface area contributed by atoms with E-state index in [1.807, 2.05) is 37.3 Å². The van der Waals surface area contributed by atoms with Crippen LogP contribution in [-0.4, -0.2) is 14.8 Å². The second kappa shape index (κ2) is 7.28. The second-order valence-corrected chi connectivity index (χ2v) is 7.30. The third-order valence-electron chi connectivity index (χ3n) is 4.18. The van der Waals surface area contributed by atoms with Gasteiger partial charge in [-0.2, -0.15) is 0 Å². The molecule has 0 radical (unpaired) electrons. The van der Waals surface area contributed by atoms with Gasteiger partial charge < -0.3 is 10.2 Å². The van der Waals surface area contributed by atoms with Crippen LogP contribution in [0.2, 0.25) is 0 Å². The number of rotatable bonds is 4. The average Bonchev–Trinajstić information content (AvgIpc) is 3.20. The van der Waals surface area contributed by atoms with Gasteiger partial charge in [-0.3, -0.25) is 4.57 Å². The number of phenolic OH excluding ortho intramolecular Hbond substituents is 1. The van der Waals surface area contributed by atoms with E-state index in [2.05, 4.69) is 21.6 Å². The van der Waals surface area contributed by atoms with E-state index in [1.54, 1.807) is 28.9 Å². The Morgan fingerprint density at radius 3 is 2.50 bits per heavy atom. The lowest BCUT2D eigenvalue weighted by atomic mass is 10.2. The van der Waals surface area contributed by atoms with E-state index in [1.165, 1.54) is 11.3 Å². The van der Waals surface area contributed by atoms with Gasteiger partial charge in [0.05, 0.1) is 15.6 Å². The Labute approximate surface area is 165 Å². The zero-order chi connectivity index (χ0) is 19.7. The molecular weight excluding hydrogens is 372 g/mol. The van der Waals surface area contributed by atoms with Crippen molar-refractivity contribution in [3.05, 3.63) is 86.9 Å². The van der Waals surface area contributed by atoms with Crippen LogP contribution in [0, 0.1) is 6.92 Å². The Balaban J connectivity index is 1.84. The number of aromatic hydroxyl groups is 2. The van der Waals surface area contributed by atoms with E-state index in [9.17, 15) is 10.2 Å². The van der Waals surface area contributed by atoms with Gasteiger partial charge in [-0.05, 0) is 36.8 Å². The Morgan fingerprint density at radius 2 is 1.86 bits per heavy atom. The molecule has 6 nitrogen and oxygen atoms in total. The molecular formula is C21H18N4O2S. The zero-order valence-electron chi connectivity index (χ0n) is 15.2. The van der Waals surface area contributed by atoms with Gasteiger partial charge in [0.2, 0.25) is 5.88 Å². The SMILES string of the molecule is C=CCn1c(O)c(C=C2N=c3ccccc3=N2)sc1=Nc1ccc(C)cc1O. The number of hydrogen-bond donors (Lipinski definition) is 2. The van der Waals surface area contributed by atoms with E-state index in [-0.39, 0.29) is 11.6 Å². The topological polar surface area (TPSA) is 82.5 Å². The van der Waals surface area contributed by atoms with E-state index in [4.69, 9.17) is 0 Å². The summed E-state index contributed by atoms with van der Waals surface area (Å²) < 4.78 is 1.63. The minimum atomic E-state index is 0.0594. The lowest BCUT2D eigenvalue weighted by Gasteiger charge is -2.02. The Bertz CT molecular complexity index is 1260. The number of nitrogens with zero attached hydrogens (tertiary/aromatic N) is 4. The van der Waals surface area contributed by atoms with E-state index in [0.717, 1.165) is 16.3 Å². The summed E-state index contributed by atoms with van der Waals surface area (Å²) >= 11 is 1.29. The summed E-state index contributed by atoms with van der Waals surface area (Å²) in [5, 5.41) is 22.4. The number of hydrogen-bond acceptors (Lipinski definition) is 6. The minimum absolute atomic E-state index is 0.0594. The lowest BCUT2D eigenvalue weighted by molar-refractivity contribution is 0.420. The van der Waals surface area contributed by atoms with Crippen LogP contribution < -0.4 is 15.5 Å². The summed E-state index contributed by atoms with van der Waals surface area (Å²) in [5.41, 5.74) is 1.38. The molecule has 0 spiro atoms. The maximum absolute atomic E-state index is 10.7. The first-order valence-corrected chi connectivity index (χ1v) is 9.49. The monoisotopic (exact) mass is 390 g/mol. The highest BCUT2D eigenvalue weighted by Gasteiger charge is 2.13. The maximum atomic E-state index is 10.7. The normalized spacial score (nSPS) is 13.0. The quantitative estimate of drug-likeness (QED) is 0.672. The predicted molar refractivity (Wildman–Crippen MR) is 109 cm³/mol. The highest BCUT2D eigenvalue weighted by molar-refractivity contribution is 7.10. The summed E-state index contributed by atoms with van der Waals surface area (Å²) in [6.45, 7) is 6.02. The molecule has 140 valence electrons. The number of benzene rings is 2. The van der Waals surface area contributed by atoms with Crippen molar-refractivity contribution in [1.82, 2.24) is 4.57 Å². The standard InChI is InChI=1S/C21H18N4O2S/c1-3-10-25-20(27)18(12-19-22-14-6-4-5-7-15(14)23-19)28-21(25)24-16-9-8-13(2)11-17(16)26/h3-9,11-12,26-27H,1,10H2,2H3. The van der Waals surface area contributed by atoms with Crippen molar-refractivity contribution in [3.63, 3.8) is 0 Å². The fourth-order valence-electron chi connectivity index (χ4n) is 2.83. The summed E-state index contributed by atoms with van der Waals surface area (Å²) in [7, 11) is 0. The Hall–Kier alpha value is -3.45. The van der Waals surface area contributed by atoms with Gasteiger partial charge in [-0.15, -0.1) is 6.58 Å². The van der Waals surface area contributed by atoms with Gasteiger partial charge in [0.25, 0.3) is 0 Å². The summed E-state index contributed by atoms with van der Waals surface area (Å²) in [4.78, 5) is 14.6. The number of fused-ring (bicyclic) bond motifs is 1. The summed E-state index contributed by atoms with van der Waals surface area (Å²) in [6, 6.07) is 12.9. The molecule has 2 N–H and O–H groups in total. The van der Waals surface area contributed by atoms with Crippen LogP contribution in [-0.2, 0) is 6.54 Å². The molecule has 0 saturated carbocycles. The van der Waals surface area contributed by atoms with Crippen LogP contribution in [0.25, 0.3) is 6.08 Å². The summed E-state index contributed by atoms with van der Waals surface area (Å²) in [6.07, 6.45) is 3.41. The minimum Gasteiger partial charge on any atom is -0.506 e. The van der Waals surface area contributed by atoms with E-state index >= 15 is 0 Å². The fourth-order valence-corrected chi connectivity index (χ4v) is 3.81. The summed E-state index contributed by atoms with van der Waals surface area (Å²) in [5.74, 6) is 0.673. The first-order chi connectivity index (χ1) is 13.5. The molecule has 1 aliphatic heterocycles. The molecule has 0 aliphatic carbocycles. The van der Waals surface area contributed by atoms with Crippen molar-refractivity contribution in [2.24, 2.45) is 15.0 Å². The van der Waals surface area contributed by atoms with Gasteiger partial charge in [0.1, 0.15) is 11.4 Å². The van der Waals surface area contributed by atoms with Crippen LogP contribution in [0.15, 0.2) is 75.9 Å². The third kappa shape index (κ3) is 3.39. The number of aromatic nitrogens is 1. The molecule has 1 aliphatic rings. The van der Waals surface area contributed by atoms with Gasteiger partial charge >= 0.3 is 0 Å². The van der Waals surface area contributed by atoms with E-state index in [0.29, 0.717) is 27.7 Å². The molecule has 1 aromatic heterocycles. The molecule has 0 atom stereocenters. The molecule has 3 aromatic rings. The van der Waals surface area contributed by atoms with Crippen molar-refractivity contribution in [2.75, 3.05) is 0 Å². The van der Waals surface area contributed by atoms with E-state index < -0.39 is 0 Å². The maximum Gasteiger partial charge on any atom is 0.211 e. The number of allylic oxidation sites excluding steroid dienone is 1. The number of aryl methyl sites for hydroxylation is 1. The molecule has 28 heavy (non-hydrogen) atoms. The predicted octanol–water partition coefficient (Wildman–Crippen LogP) is 2.94. The molecule has 0 fully saturated rings. The van der Waals surface area contributed by atoms with Gasteiger partial charge in [-0.1, -0.05) is 35.6 Å². The highest BCUT2D eigenvalue weighted by Crippen LogP contribution is 2.28. The average molecular weight is 390 g/mol. The van der Waals surface area contributed by atoms with Gasteiger partial charge in [-0.25, -0.2) is 15.0 Å². The van der Waals surface area contributed by atoms with Crippen molar-refractivity contribution < 1.29 is 10.2 Å². The molecule has 2 aromatic carbocycles. The zero-order valence-corrected chi connectivity index (χ0v) is 16.0. The Morgan fingerprint density at radius 1 is 1.14 bits per heavy atom. The van der Waals surface area contributed by atoms with Crippen LogP contribution in [0.5, 0.6) is 11.6 Å². The largest absolute Gasteiger partial charge is 0.506 e. The molecule has 4 rings (SSSR count). The number of phenols is 1. The van der Waals surface area contributed by atoms with Crippen LogP contribution in [0.3, 0.4) is 0 Å². The van der Waals surface area contributed by atoms with Crippen molar-refractivity contribution in [3.8, 4) is 11.6 Å². The second-order valence-electron chi connectivity index (χ2n) is 6.29. The van der Waals surface area contributed by atoms with Gasteiger partial charge in [0, 0.05) is 12.6 Å². The molecule has 0 saturated heterocycles. The van der Waals surface area contributed by atoms with Crippen LogP contribution in [0.1, 0.15) is 10.4 Å². The van der Waals surface area contributed by atoms with Gasteiger partial charge in [0.15, 0.2) is 10.6 Å². The molecule has 7 heteroatoms.